The van der Waals surface area contributed by atoms with Gasteiger partial charge in [0.2, 0.25) is 0 Å². The van der Waals surface area contributed by atoms with Gasteiger partial charge in [0.05, 0.1) is 40.2 Å². The second-order valence-corrected chi connectivity index (χ2v) is 12.9. The van der Waals surface area contributed by atoms with Crippen LogP contribution in [0.3, 0.4) is 0 Å². The molecule has 2 aromatic heterocycles. The summed E-state index contributed by atoms with van der Waals surface area (Å²) in [7, 11) is -3.28. The SMILES string of the molecule is CCS(=O)(=O)c1ccc(CNC(=O)c2cnc3c(c2)CN(C[C@H]2CC[C@H](C)CC2)[C@H]3C(C)C)nc1. The summed E-state index contributed by atoms with van der Waals surface area (Å²) in [5.41, 5.74) is 3.41. The van der Waals surface area contributed by atoms with Crippen molar-refractivity contribution in [3.8, 4) is 0 Å². The lowest BCUT2D eigenvalue weighted by molar-refractivity contribution is 0.0950. The molecule has 0 spiro atoms. The number of sulfone groups is 1. The topological polar surface area (TPSA) is 92.3 Å². The Kier molecular flexibility index (Phi) is 7.91. The minimum atomic E-state index is -3.28. The van der Waals surface area contributed by atoms with Crippen LogP contribution in [0.2, 0.25) is 0 Å². The minimum Gasteiger partial charge on any atom is -0.346 e. The Balaban J connectivity index is 1.40. The molecule has 1 saturated carbocycles. The lowest BCUT2D eigenvalue weighted by Crippen LogP contribution is -2.32. The highest BCUT2D eigenvalue weighted by Crippen LogP contribution is 2.40. The monoisotopic (exact) mass is 498 g/mol. The number of hydrogen-bond donors (Lipinski definition) is 1. The van der Waals surface area contributed by atoms with Crippen molar-refractivity contribution in [1.29, 1.82) is 0 Å². The number of fused-ring (bicyclic) bond motifs is 1. The highest BCUT2D eigenvalue weighted by atomic mass is 32.2. The Morgan fingerprint density at radius 1 is 1.14 bits per heavy atom. The molecule has 0 saturated heterocycles. The van der Waals surface area contributed by atoms with Crippen molar-refractivity contribution in [1.82, 2.24) is 20.2 Å². The van der Waals surface area contributed by atoms with E-state index in [0.717, 1.165) is 36.2 Å². The Hall–Kier alpha value is -2.32. The Labute approximate surface area is 209 Å². The van der Waals surface area contributed by atoms with Crippen molar-refractivity contribution < 1.29 is 13.2 Å². The molecular weight excluding hydrogens is 460 g/mol. The fourth-order valence-electron chi connectivity index (χ4n) is 5.43. The average molecular weight is 499 g/mol. The summed E-state index contributed by atoms with van der Waals surface area (Å²) in [5, 5.41) is 2.89. The maximum atomic E-state index is 12.8. The van der Waals surface area contributed by atoms with E-state index in [4.69, 9.17) is 4.98 Å². The van der Waals surface area contributed by atoms with Crippen molar-refractivity contribution >= 4 is 15.7 Å². The van der Waals surface area contributed by atoms with Crippen molar-refractivity contribution in [2.24, 2.45) is 17.8 Å². The van der Waals surface area contributed by atoms with E-state index in [-0.39, 0.29) is 23.1 Å². The number of carbonyl (C=O) groups is 1. The molecule has 190 valence electrons. The molecule has 1 aliphatic carbocycles. The smallest absolute Gasteiger partial charge is 0.253 e. The summed E-state index contributed by atoms with van der Waals surface area (Å²) in [6.07, 6.45) is 8.29. The van der Waals surface area contributed by atoms with E-state index in [9.17, 15) is 13.2 Å². The molecule has 35 heavy (non-hydrogen) atoms. The van der Waals surface area contributed by atoms with Crippen LogP contribution in [0.15, 0.2) is 35.5 Å². The van der Waals surface area contributed by atoms with E-state index in [1.807, 2.05) is 6.07 Å². The summed E-state index contributed by atoms with van der Waals surface area (Å²) in [4.78, 5) is 24.6. The Morgan fingerprint density at radius 2 is 1.89 bits per heavy atom. The van der Waals surface area contributed by atoms with Gasteiger partial charge in [-0.2, -0.15) is 0 Å². The van der Waals surface area contributed by atoms with Gasteiger partial charge in [-0.3, -0.25) is 19.7 Å². The average Bonchev–Trinajstić information content (AvgIpc) is 3.21. The molecule has 1 fully saturated rings. The van der Waals surface area contributed by atoms with Gasteiger partial charge in [0, 0.05) is 25.5 Å². The molecule has 1 N–H and O–H groups in total. The molecule has 1 amide bonds. The van der Waals surface area contributed by atoms with Crippen LogP contribution in [-0.2, 0) is 22.9 Å². The highest BCUT2D eigenvalue weighted by molar-refractivity contribution is 7.91. The van der Waals surface area contributed by atoms with Gasteiger partial charge >= 0.3 is 0 Å². The molecule has 8 heteroatoms. The number of hydrogen-bond acceptors (Lipinski definition) is 6. The lowest BCUT2D eigenvalue weighted by Gasteiger charge is -2.34. The zero-order chi connectivity index (χ0) is 25.2. The van der Waals surface area contributed by atoms with Gasteiger partial charge < -0.3 is 5.32 Å². The van der Waals surface area contributed by atoms with Gasteiger partial charge in [-0.1, -0.05) is 40.5 Å². The van der Waals surface area contributed by atoms with E-state index in [0.29, 0.717) is 23.2 Å². The zero-order valence-corrected chi connectivity index (χ0v) is 22.1. The van der Waals surface area contributed by atoms with Gasteiger partial charge in [0.25, 0.3) is 5.91 Å². The van der Waals surface area contributed by atoms with E-state index in [1.54, 1.807) is 19.2 Å². The molecule has 0 bridgehead atoms. The fraction of sp³-hybridized carbons (Fsp3) is 0.593. The number of pyridine rings is 2. The summed E-state index contributed by atoms with van der Waals surface area (Å²) >= 11 is 0. The molecule has 2 aliphatic rings. The van der Waals surface area contributed by atoms with Crippen LogP contribution in [0.5, 0.6) is 0 Å². The zero-order valence-electron chi connectivity index (χ0n) is 21.3. The molecule has 0 radical (unpaired) electrons. The first-order chi connectivity index (χ1) is 16.7. The van der Waals surface area contributed by atoms with E-state index in [1.165, 1.54) is 37.9 Å². The van der Waals surface area contributed by atoms with E-state index in [2.05, 4.69) is 36.0 Å². The second-order valence-electron chi connectivity index (χ2n) is 10.6. The van der Waals surface area contributed by atoms with Crippen molar-refractivity contribution in [2.45, 2.75) is 77.4 Å². The fourth-order valence-corrected chi connectivity index (χ4v) is 6.25. The second kappa shape index (κ2) is 10.7. The quantitative estimate of drug-likeness (QED) is 0.575. The normalized spacial score (nSPS) is 22.8. The van der Waals surface area contributed by atoms with Gasteiger partial charge in [-0.05, 0) is 54.4 Å². The van der Waals surface area contributed by atoms with Crippen molar-refractivity contribution in [3.05, 3.63) is 53.1 Å². The predicted octanol–water partition coefficient (Wildman–Crippen LogP) is 4.54. The first kappa shape index (κ1) is 25.8. The molecule has 4 rings (SSSR count). The third kappa shape index (κ3) is 5.92. The van der Waals surface area contributed by atoms with Crippen LogP contribution >= 0.6 is 0 Å². The molecule has 2 aromatic rings. The van der Waals surface area contributed by atoms with Crippen LogP contribution in [0.25, 0.3) is 0 Å². The standard InChI is InChI=1S/C27H38N4O3S/c1-5-35(33,34)24-11-10-23(28-15-24)14-30-27(32)21-12-22-17-31(16-20-8-6-19(4)7-9-20)26(18(2)3)25(22)29-13-21/h10-13,15,18-20,26H,5-9,14,16-17H2,1-4H3,(H,30,32)/t19-,20-,26-/m0/s1. The number of rotatable bonds is 8. The molecule has 1 aliphatic heterocycles. The molecule has 7 nitrogen and oxygen atoms in total. The molecule has 3 heterocycles. The summed E-state index contributed by atoms with van der Waals surface area (Å²) < 4.78 is 23.9. The van der Waals surface area contributed by atoms with Crippen LogP contribution in [0, 0.1) is 17.8 Å². The largest absolute Gasteiger partial charge is 0.346 e. The van der Waals surface area contributed by atoms with Crippen LogP contribution in [-0.4, -0.2) is 41.5 Å². The van der Waals surface area contributed by atoms with Gasteiger partial charge in [-0.15, -0.1) is 0 Å². The summed E-state index contributed by atoms with van der Waals surface area (Å²) in [6, 6.07) is 5.46. The predicted molar refractivity (Wildman–Crippen MR) is 136 cm³/mol. The van der Waals surface area contributed by atoms with Gasteiger partial charge in [-0.25, -0.2) is 8.42 Å². The number of amides is 1. The first-order valence-corrected chi connectivity index (χ1v) is 14.5. The highest BCUT2D eigenvalue weighted by Gasteiger charge is 2.35. The van der Waals surface area contributed by atoms with Crippen LogP contribution in [0.4, 0.5) is 0 Å². The Morgan fingerprint density at radius 3 is 2.51 bits per heavy atom. The third-order valence-corrected chi connectivity index (χ3v) is 9.26. The van der Waals surface area contributed by atoms with Gasteiger partial charge in [0.1, 0.15) is 0 Å². The van der Waals surface area contributed by atoms with Crippen LogP contribution in [0.1, 0.15) is 86.7 Å². The number of carbonyl (C=O) groups excluding carboxylic acids is 1. The Bertz CT molecular complexity index is 1140. The number of nitrogens with one attached hydrogen (secondary N) is 1. The van der Waals surface area contributed by atoms with Crippen molar-refractivity contribution in [2.75, 3.05) is 12.3 Å². The molecule has 1 atom stereocenters. The van der Waals surface area contributed by atoms with E-state index >= 15 is 0 Å². The number of nitrogens with zero attached hydrogens (tertiary/aromatic N) is 3. The lowest BCUT2D eigenvalue weighted by atomic mass is 9.82. The molecule has 0 unspecified atom stereocenters. The summed E-state index contributed by atoms with van der Waals surface area (Å²) in [6.45, 7) is 10.6. The maximum absolute atomic E-state index is 12.8. The number of aromatic nitrogens is 2. The first-order valence-electron chi connectivity index (χ1n) is 12.9. The van der Waals surface area contributed by atoms with Crippen LogP contribution < -0.4 is 5.32 Å². The molecular formula is C27H38N4O3S. The minimum absolute atomic E-state index is 0.0328. The molecule has 0 aromatic carbocycles. The third-order valence-electron chi connectivity index (χ3n) is 7.54. The summed E-state index contributed by atoms with van der Waals surface area (Å²) in [5.74, 6) is 1.88. The van der Waals surface area contributed by atoms with Gasteiger partial charge in [0.15, 0.2) is 9.84 Å². The van der Waals surface area contributed by atoms with E-state index < -0.39 is 9.84 Å². The van der Waals surface area contributed by atoms with Crippen molar-refractivity contribution in [3.63, 3.8) is 0 Å². The maximum Gasteiger partial charge on any atom is 0.253 e.